The first-order valence-corrected chi connectivity index (χ1v) is 10.1. The van der Waals surface area contributed by atoms with Gasteiger partial charge in [-0.15, -0.1) is 0 Å². The van der Waals surface area contributed by atoms with Crippen LogP contribution in [0.25, 0.3) is 5.76 Å². The van der Waals surface area contributed by atoms with E-state index in [1.54, 1.807) is 30.3 Å². The third-order valence-corrected chi connectivity index (χ3v) is 5.71. The van der Waals surface area contributed by atoms with E-state index in [1.165, 1.54) is 11.2 Å². The molecule has 1 amide bonds. The number of hydrogen-bond donors (Lipinski definition) is 1. The number of nitrogens with zero attached hydrogens (tertiary/aromatic N) is 1. The molecule has 31 heavy (non-hydrogen) atoms. The maximum absolute atomic E-state index is 13.1. The monoisotopic (exact) mass is 415 g/mol. The molecule has 156 valence electrons. The van der Waals surface area contributed by atoms with Crippen LogP contribution in [-0.4, -0.2) is 22.9 Å². The number of benzene rings is 2. The Kier molecular flexibility index (Phi) is 4.43. The lowest BCUT2D eigenvalue weighted by molar-refractivity contribution is -0.132. The summed E-state index contributed by atoms with van der Waals surface area (Å²) in [4.78, 5) is 27.6. The van der Waals surface area contributed by atoms with E-state index in [4.69, 9.17) is 9.15 Å². The molecule has 3 heterocycles. The SMILES string of the molecule is Cc1cccc(N2C(=O)C(=O)/C(=C(\O)c3ccc4c(c3)CC(C)O4)C2c2ccco2)c1. The van der Waals surface area contributed by atoms with Crippen LogP contribution < -0.4 is 9.64 Å². The molecule has 1 saturated heterocycles. The van der Waals surface area contributed by atoms with Gasteiger partial charge in [-0.1, -0.05) is 12.1 Å². The van der Waals surface area contributed by atoms with E-state index in [2.05, 4.69) is 0 Å². The number of hydrogen-bond acceptors (Lipinski definition) is 5. The van der Waals surface area contributed by atoms with Crippen LogP contribution in [0.15, 0.2) is 70.9 Å². The molecular formula is C25H21NO5. The van der Waals surface area contributed by atoms with Gasteiger partial charge in [0.25, 0.3) is 11.7 Å². The van der Waals surface area contributed by atoms with Crippen LogP contribution in [0.1, 0.15) is 35.4 Å². The van der Waals surface area contributed by atoms with E-state index in [-0.39, 0.29) is 17.4 Å². The van der Waals surface area contributed by atoms with Crippen molar-refractivity contribution in [3.8, 4) is 5.75 Å². The summed E-state index contributed by atoms with van der Waals surface area (Å²) in [7, 11) is 0. The molecule has 0 aliphatic carbocycles. The fourth-order valence-corrected chi connectivity index (χ4v) is 4.32. The third-order valence-electron chi connectivity index (χ3n) is 5.71. The number of aryl methyl sites for hydroxylation is 1. The first-order chi connectivity index (χ1) is 14.9. The molecule has 2 aromatic carbocycles. The molecule has 0 spiro atoms. The molecule has 0 saturated carbocycles. The highest BCUT2D eigenvalue weighted by Crippen LogP contribution is 2.43. The van der Waals surface area contributed by atoms with Crippen LogP contribution in [0.4, 0.5) is 5.69 Å². The molecule has 3 aromatic rings. The number of fused-ring (bicyclic) bond motifs is 1. The van der Waals surface area contributed by atoms with Gasteiger partial charge in [0.1, 0.15) is 29.4 Å². The van der Waals surface area contributed by atoms with Gasteiger partial charge < -0.3 is 14.3 Å². The summed E-state index contributed by atoms with van der Waals surface area (Å²) in [6.45, 7) is 3.89. The number of amides is 1. The number of anilines is 1. The predicted octanol–water partition coefficient (Wildman–Crippen LogP) is 4.54. The van der Waals surface area contributed by atoms with Crippen molar-refractivity contribution >= 4 is 23.1 Å². The fourth-order valence-electron chi connectivity index (χ4n) is 4.32. The van der Waals surface area contributed by atoms with Crippen LogP contribution in [0, 0.1) is 6.92 Å². The van der Waals surface area contributed by atoms with Gasteiger partial charge in [0, 0.05) is 17.7 Å². The zero-order valence-electron chi connectivity index (χ0n) is 17.2. The second-order valence-electron chi connectivity index (χ2n) is 7.98. The zero-order chi connectivity index (χ0) is 21.7. The van der Waals surface area contributed by atoms with Crippen molar-refractivity contribution in [1.29, 1.82) is 0 Å². The number of furan rings is 1. The Morgan fingerprint density at radius 2 is 1.94 bits per heavy atom. The Labute approximate surface area is 179 Å². The van der Waals surface area contributed by atoms with E-state index in [0.717, 1.165) is 23.3 Å². The molecule has 2 aliphatic heterocycles. The van der Waals surface area contributed by atoms with Crippen LogP contribution in [0.2, 0.25) is 0 Å². The maximum Gasteiger partial charge on any atom is 0.300 e. The highest BCUT2D eigenvalue weighted by atomic mass is 16.5. The minimum absolute atomic E-state index is 0.00775. The quantitative estimate of drug-likeness (QED) is 0.386. The molecule has 6 nitrogen and oxygen atoms in total. The van der Waals surface area contributed by atoms with E-state index < -0.39 is 17.7 Å². The number of carbonyl (C=O) groups is 2. The van der Waals surface area contributed by atoms with Crippen molar-refractivity contribution < 1.29 is 23.8 Å². The Balaban J connectivity index is 1.67. The van der Waals surface area contributed by atoms with Crippen molar-refractivity contribution in [2.75, 3.05) is 4.90 Å². The summed E-state index contributed by atoms with van der Waals surface area (Å²) in [5.74, 6) is -0.498. The first kappa shape index (κ1) is 19.2. The molecule has 0 radical (unpaired) electrons. The summed E-state index contributed by atoms with van der Waals surface area (Å²) >= 11 is 0. The minimum Gasteiger partial charge on any atom is -0.507 e. The van der Waals surface area contributed by atoms with E-state index in [0.29, 0.717) is 17.0 Å². The normalized spacial score (nSPS) is 21.9. The maximum atomic E-state index is 13.1. The van der Waals surface area contributed by atoms with Crippen LogP contribution in [0.3, 0.4) is 0 Å². The molecule has 5 rings (SSSR count). The number of Topliss-reactive ketones (excluding diaryl/α,β-unsaturated/α-hetero) is 1. The standard InChI is InChI=1S/C25H21NO5/c1-14-5-3-6-18(11-14)26-22(20-7-4-10-30-20)21(24(28)25(26)29)23(27)16-8-9-19-17(13-16)12-15(2)31-19/h3-11,13,15,22,27H,12H2,1-2H3/b23-21-. The zero-order valence-corrected chi connectivity index (χ0v) is 17.2. The van der Waals surface area contributed by atoms with Crippen molar-refractivity contribution in [2.45, 2.75) is 32.4 Å². The Bertz CT molecular complexity index is 1220. The lowest BCUT2D eigenvalue weighted by Crippen LogP contribution is -2.29. The Morgan fingerprint density at radius 1 is 1.10 bits per heavy atom. The lowest BCUT2D eigenvalue weighted by Gasteiger charge is -2.23. The molecule has 0 bridgehead atoms. The lowest BCUT2D eigenvalue weighted by atomic mass is 9.97. The minimum atomic E-state index is -0.861. The molecular weight excluding hydrogens is 394 g/mol. The topological polar surface area (TPSA) is 80.0 Å². The molecule has 1 fully saturated rings. The highest BCUT2D eigenvalue weighted by Gasteiger charge is 2.48. The molecule has 1 aromatic heterocycles. The number of carbonyl (C=O) groups excluding carboxylic acids is 2. The van der Waals surface area contributed by atoms with Crippen molar-refractivity contribution in [3.05, 3.63) is 88.9 Å². The van der Waals surface area contributed by atoms with E-state index >= 15 is 0 Å². The smallest absolute Gasteiger partial charge is 0.300 e. The fraction of sp³-hybridized carbons (Fsp3) is 0.200. The summed E-state index contributed by atoms with van der Waals surface area (Å²) in [6, 6.07) is 15.2. The van der Waals surface area contributed by atoms with E-state index in [9.17, 15) is 14.7 Å². The van der Waals surface area contributed by atoms with Gasteiger partial charge in [0.15, 0.2) is 0 Å². The second-order valence-corrected chi connectivity index (χ2v) is 7.98. The van der Waals surface area contributed by atoms with Gasteiger partial charge in [0.2, 0.25) is 0 Å². The van der Waals surface area contributed by atoms with Crippen molar-refractivity contribution in [1.82, 2.24) is 0 Å². The van der Waals surface area contributed by atoms with Crippen LogP contribution >= 0.6 is 0 Å². The number of rotatable bonds is 3. The second kappa shape index (κ2) is 7.16. The average Bonchev–Trinajstić information content (AvgIpc) is 3.45. The van der Waals surface area contributed by atoms with Crippen molar-refractivity contribution in [3.63, 3.8) is 0 Å². The summed E-state index contributed by atoms with van der Waals surface area (Å²) in [6.07, 6.45) is 2.26. The first-order valence-electron chi connectivity index (χ1n) is 10.1. The van der Waals surface area contributed by atoms with Gasteiger partial charge in [-0.3, -0.25) is 14.5 Å². The summed E-state index contributed by atoms with van der Waals surface area (Å²) < 4.78 is 11.3. The van der Waals surface area contributed by atoms with E-state index in [1.807, 2.05) is 38.1 Å². The predicted molar refractivity (Wildman–Crippen MR) is 115 cm³/mol. The van der Waals surface area contributed by atoms with Gasteiger partial charge >= 0.3 is 0 Å². The van der Waals surface area contributed by atoms with Crippen LogP contribution in [0.5, 0.6) is 5.75 Å². The van der Waals surface area contributed by atoms with Gasteiger partial charge in [-0.25, -0.2) is 0 Å². The average molecular weight is 415 g/mol. The van der Waals surface area contributed by atoms with Crippen molar-refractivity contribution in [2.24, 2.45) is 0 Å². The third kappa shape index (κ3) is 3.11. The Hall–Kier alpha value is -3.80. The molecule has 2 atom stereocenters. The van der Waals surface area contributed by atoms with Gasteiger partial charge in [-0.2, -0.15) is 0 Å². The molecule has 2 unspecified atom stereocenters. The highest BCUT2D eigenvalue weighted by molar-refractivity contribution is 6.51. The van der Waals surface area contributed by atoms with Crippen LogP contribution in [-0.2, 0) is 16.0 Å². The molecule has 1 N–H and O–H groups in total. The van der Waals surface area contributed by atoms with Gasteiger partial charge in [-0.05, 0) is 67.4 Å². The summed E-state index contributed by atoms with van der Waals surface area (Å²) in [5, 5.41) is 11.2. The van der Waals surface area contributed by atoms with Gasteiger partial charge in [0.05, 0.1) is 11.8 Å². The number of ether oxygens (including phenoxy) is 1. The number of aliphatic hydroxyl groups is 1. The Morgan fingerprint density at radius 3 is 2.68 bits per heavy atom. The summed E-state index contributed by atoms with van der Waals surface area (Å²) in [5.41, 5.74) is 2.95. The number of ketones is 1. The largest absolute Gasteiger partial charge is 0.507 e. The number of aliphatic hydroxyl groups excluding tert-OH is 1. The molecule has 2 aliphatic rings. The molecule has 6 heteroatoms.